The predicted molar refractivity (Wildman–Crippen MR) is 200 cm³/mol. The van der Waals surface area contributed by atoms with E-state index in [9.17, 15) is 9.59 Å². The molecular weight excluding hydrogens is 660 g/mol. The van der Waals surface area contributed by atoms with Crippen molar-refractivity contribution in [1.29, 1.82) is 10.8 Å². The summed E-state index contributed by atoms with van der Waals surface area (Å²) >= 11 is 0. The Bertz CT molecular complexity index is 1700. The summed E-state index contributed by atoms with van der Waals surface area (Å²) in [4.78, 5) is 30.6. The maximum absolute atomic E-state index is 12.5. The molecule has 0 bridgehead atoms. The number of alkyl carbamates (subject to hydrolysis) is 1. The molecular formula is C40H46N6O6. The number of carbonyl (C=O) groups is 2. The highest BCUT2D eigenvalue weighted by molar-refractivity contribution is 6.05. The van der Waals surface area contributed by atoms with Crippen molar-refractivity contribution in [3.63, 3.8) is 0 Å². The van der Waals surface area contributed by atoms with Crippen LogP contribution in [0.1, 0.15) is 29.5 Å². The summed E-state index contributed by atoms with van der Waals surface area (Å²) in [6.45, 7) is 7.43. The topological polar surface area (TPSA) is 141 Å². The van der Waals surface area contributed by atoms with Crippen LogP contribution in [-0.2, 0) is 22.7 Å². The van der Waals surface area contributed by atoms with Gasteiger partial charge in [-0.1, -0.05) is 60.7 Å². The quantitative estimate of drug-likeness (QED) is 0.0639. The van der Waals surface area contributed by atoms with Gasteiger partial charge in [0.15, 0.2) is 0 Å². The summed E-state index contributed by atoms with van der Waals surface area (Å²) in [5.74, 6) is 1.40. The van der Waals surface area contributed by atoms with Gasteiger partial charge in [0.05, 0.1) is 25.2 Å². The van der Waals surface area contributed by atoms with Crippen molar-refractivity contribution in [3.05, 3.63) is 126 Å². The lowest BCUT2D eigenvalue weighted by atomic mass is 10.2. The van der Waals surface area contributed by atoms with Gasteiger partial charge in [0.1, 0.15) is 30.5 Å². The van der Waals surface area contributed by atoms with Gasteiger partial charge in [-0.3, -0.25) is 16.1 Å². The first-order valence-corrected chi connectivity index (χ1v) is 17.4. The maximum atomic E-state index is 12.5. The van der Waals surface area contributed by atoms with E-state index in [1.807, 2.05) is 60.7 Å². The number of ether oxygens (including phenoxy) is 4. The van der Waals surface area contributed by atoms with Gasteiger partial charge >= 0.3 is 12.2 Å². The molecule has 4 aromatic rings. The lowest BCUT2D eigenvalue weighted by molar-refractivity contribution is 0.120. The van der Waals surface area contributed by atoms with Crippen LogP contribution in [0, 0.1) is 10.8 Å². The zero-order valence-electron chi connectivity index (χ0n) is 29.2. The van der Waals surface area contributed by atoms with E-state index in [0.29, 0.717) is 30.2 Å². The Labute approximate surface area is 304 Å². The molecule has 0 saturated carbocycles. The van der Waals surface area contributed by atoms with Crippen molar-refractivity contribution >= 4 is 30.0 Å². The number of hydrogen-bond acceptors (Lipinski definition) is 10. The van der Waals surface area contributed by atoms with Gasteiger partial charge in [0.25, 0.3) is 0 Å². The highest BCUT2D eigenvalue weighted by Gasteiger charge is 2.17. The van der Waals surface area contributed by atoms with Crippen LogP contribution in [0.5, 0.6) is 11.5 Å². The van der Waals surface area contributed by atoms with Crippen LogP contribution in [0.15, 0.2) is 109 Å². The van der Waals surface area contributed by atoms with Crippen molar-refractivity contribution in [2.75, 3.05) is 57.4 Å². The molecule has 4 aromatic carbocycles. The van der Waals surface area contributed by atoms with E-state index in [1.54, 1.807) is 48.5 Å². The highest BCUT2D eigenvalue weighted by atomic mass is 16.6. The fourth-order valence-corrected chi connectivity index (χ4v) is 5.57. The standard InChI is InChI=1S/C40H46N6O6/c41-31-46(40(48)52-30-33-11-5-2-6-12-33)35-15-19-37(20-16-35)50-28-8-22-45-25-23-44(24-26-45)21-7-27-49-36-17-13-34(14-18-36)38(42)43-39(47)51-29-32-9-3-1-4-10-32/h1-6,9-20,31,41H,7-8,21-30H2,(H2,42,43,47). The maximum Gasteiger partial charge on any atom is 0.420 e. The molecule has 1 saturated heterocycles. The summed E-state index contributed by atoms with van der Waals surface area (Å²) in [6.07, 6.45) is 1.48. The number of carbonyl (C=O) groups excluding carboxylic acids is 2. The zero-order chi connectivity index (χ0) is 36.4. The van der Waals surface area contributed by atoms with Gasteiger partial charge in [-0.15, -0.1) is 0 Å². The number of benzene rings is 4. The normalized spacial score (nSPS) is 13.1. The first-order chi connectivity index (χ1) is 25.5. The number of nitrogens with zero attached hydrogens (tertiary/aromatic N) is 3. The molecule has 272 valence electrons. The Morgan fingerprint density at radius 2 is 1.15 bits per heavy atom. The zero-order valence-corrected chi connectivity index (χ0v) is 29.2. The Kier molecular flexibility index (Phi) is 14.6. The lowest BCUT2D eigenvalue weighted by Crippen LogP contribution is -2.47. The Balaban J connectivity index is 0.897. The smallest absolute Gasteiger partial charge is 0.420 e. The van der Waals surface area contributed by atoms with Gasteiger partial charge in [0.2, 0.25) is 0 Å². The molecule has 0 spiro atoms. The number of rotatable bonds is 17. The van der Waals surface area contributed by atoms with Crippen LogP contribution in [0.25, 0.3) is 0 Å². The van der Waals surface area contributed by atoms with Crippen molar-refractivity contribution in [2.45, 2.75) is 26.1 Å². The summed E-state index contributed by atoms with van der Waals surface area (Å²) in [6, 6.07) is 33.0. The fourth-order valence-electron chi connectivity index (χ4n) is 5.57. The molecule has 12 heteroatoms. The number of nitrogens with one attached hydrogen (secondary N) is 3. The minimum absolute atomic E-state index is 0.0323. The van der Waals surface area contributed by atoms with Crippen LogP contribution >= 0.6 is 0 Å². The number of piperazine rings is 1. The molecule has 0 unspecified atom stereocenters. The average molecular weight is 707 g/mol. The molecule has 2 amide bonds. The first-order valence-electron chi connectivity index (χ1n) is 17.4. The minimum atomic E-state index is -0.669. The van der Waals surface area contributed by atoms with Crippen molar-refractivity contribution < 1.29 is 28.5 Å². The van der Waals surface area contributed by atoms with Gasteiger partial charge < -0.3 is 28.7 Å². The Morgan fingerprint density at radius 1 is 0.673 bits per heavy atom. The molecule has 1 fully saturated rings. The SMILES string of the molecule is N=CN(C(=O)OCc1ccccc1)c1ccc(OCCCN2CCN(CCCOc3ccc(C(=N)NC(=O)OCc4ccccc4)cc3)CC2)cc1. The molecule has 3 N–H and O–H groups in total. The summed E-state index contributed by atoms with van der Waals surface area (Å²) < 4.78 is 22.4. The summed E-state index contributed by atoms with van der Waals surface area (Å²) in [5, 5.41) is 18.3. The van der Waals surface area contributed by atoms with Crippen molar-refractivity contribution in [1.82, 2.24) is 15.1 Å². The summed E-state index contributed by atoms with van der Waals surface area (Å²) in [5.41, 5.74) is 2.85. The largest absolute Gasteiger partial charge is 0.494 e. The third-order valence-electron chi connectivity index (χ3n) is 8.47. The monoisotopic (exact) mass is 706 g/mol. The van der Waals surface area contributed by atoms with Crippen LogP contribution in [0.4, 0.5) is 15.3 Å². The van der Waals surface area contributed by atoms with Crippen molar-refractivity contribution in [2.24, 2.45) is 0 Å². The van der Waals surface area contributed by atoms with E-state index < -0.39 is 12.2 Å². The van der Waals surface area contributed by atoms with E-state index >= 15 is 0 Å². The van der Waals surface area contributed by atoms with E-state index in [1.165, 1.54) is 0 Å². The predicted octanol–water partition coefficient (Wildman–Crippen LogP) is 6.54. The van der Waals surface area contributed by atoms with E-state index in [-0.39, 0.29) is 19.0 Å². The van der Waals surface area contributed by atoms with Gasteiger partial charge in [-0.2, -0.15) is 0 Å². The molecule has 5 rings (SSSR count). The number of amides is 2. The van der Waals surface area contributed by atoms with Crippen molar-refractivity contribution in [3.8, 4) is 11.5 Å². The number of hydrogen-bond donors (Lipinski definition) is 3. The van der Waals surface area contributed by atoms with Crippen LogP contribution in [-0.4, -0.2) is 86.6 Å². The van der Waals surface area contributed by atoms with Crippen LogP contribution in [0.2, 0.25) is 0 Å². The molecule has 52 heavy (non-hydrogen) atoms. The lowest BCUT2D eigenvalue weighted by Gasteiger charge is -2.34. The number of anilines is 1. The molecule has 0 aromatic heterocycles. The Hall–Kier alpha value is -5.72. The number of amidine groups is 1. The fraction of sp³-hybridized carbons (Fsp3) is 0.300. The first kappa shape index (κ1) is 37.5. The molecule has 0 radical (unpaired) electrons. The van der Waals surface area contributed by atoms with Gasteiger partial charge in [-0.05, 0) is 72.5 Å². The van der Waals surface area contributed by atoms with Gasteiger partial charge in [-0.25, -0.2) is 14.5 Å². The second-order valence-corrected chi connectivity index (χ2v) is 12.2. The third-order valence-corrected chi connectivity index (χ3v) is 8.47. The van der Waals surface area contributed by atoms with Gasteiger partial charge in [0, 0.05) is 44.8 Å². The van der Waals surface area contributed by atoms with E-state index in [0.717, 1.165) is 80.2 Å². The molecule has 1 aliphatic heterocycles. The van der Waals surface area contributed by atoms with E-state index in [2.05, 4.69) is 15.1 Å². The van der Waals surface area contributed by atoms with Crippen LogP contribution < -0.4 is 19.7 Å². The van der Waals surface area contributed by atoms with Crippen LogP contribution in [0.3, 0.4) is 0 Å². The molecule has 12 nitrogen and oxygen atoms in total. The molecule has 0 atom stereocenters. The Morgan fingerprint density at radius 3 is 1.65 bits per heavy atom. The highest BCUT2D eigenvalue weighted by Crippen LogP contribution is 2.20. The molecule has 1 aliphatic rings. The second kappa shape index (κ2) is 20.2. The molecule has 0 aliphatic carbocycles. The minimum Gasteiger partial charge on any atom is -0.494 e. The second-order valence-electron chi connectivity index (χ2n) is 12.2. The third kappa shape index (κ3) is 12.3. The summed E-state index contributed by atoms with van der Waals surface area (Å²) in [7, 11) is 0. The average Bonchev–Trinajstić information content (AvgIpc) is 3.19. The molecule has 1 heterocycles. The van der Waals surface area contributed by atoms with E-state index in [4.69, 9.17) is 29.8 Å².